The summed E-state index contributed by atoms with van der Waals surface area (Å²) in [5.41, 5.74) is 10.3. The van der Waals surface area contributed by atoms with Crippen molar-refractivity contribution in [1.29, 1.82) is 0 Å². The number of anilines is 1. The quantitative estimate of drug-likeness (QED) is 0.877. The van der Waals surface area contributed by atoms with E-state index in [9.17, 15) is 0 Å². The van der Waals surface area contributed by atoms with Crippen LogP contribution in [0.25, 0.3) is 11.1 Å². The minimum Gasteiger partial charge on any atom is -0.493 e. The van der Waals surface area contributed by atoms with Gasteiger partial charge < -0.3 is 15.2 Å². The molecule has 6 heteroatoms. The predicted octanol–water partition coefficient (Wildman–Crippen LogP) is 2.97. The lowest BCUT2D eigenvalue weighted by Crippen LogP contribution is -2.16. The monoisotopic (exact) mass is 319 g/mol. The Morgan fingerprint density at radius 2 is 1.82 bits per heavy atom. The highest BCUT2D eigenvalue weighted by Crippen LogP contribution is 2.51. The number of aromatic nitrogens is 2. The number of ether oxygens (including phenoxy) is 2. The summed E-state index contributed by atoms with van der Waals surface area (Å²) < 4.78 is 13.5. The van der Waals surface area contributed by atoms with E-state index in [2.05, 4.69) is 5.10 Å². The van der Waals surface area contributed by atoms with Crippen LogP contribution < -0.4 is 15.2 Å². The van der Waals surface area contributed by atoms with Gasteiger partial charge in [0, 0.05) is 29.3 Å². The number of aryl methyl sites for hydroxylation is 1. The molecule has 2 aliphatic heterocycles. The van der Waals surface area contributed by atoms with Crippen molar-refractivity contribution in [1.82, 2.24) is 9.78 Å². The van der Waals surface area contributed by atoms with Crippen LogP contribution in [0.1, 0.15) is 24.0 Å². The van der Waals surface area contributed by atoms with Gasteiger partial charge in [0.15, 0.2) is 0 Å². The SMILES string of the molecule is Cn1ncc(-c2c3c(c(Cl)c4c2OCCC4)OCCC3)c1N. The van der Waals surface area contributed by atoms with E-state index >= 15 is 0 Å². The van der Waals surface area contributed by atoms with E-state index in [1.807, 2.05) is 7.05 Å². The Morgan fingerprint density at radius 1 is 1.14 bits per heavy atom. The summed E-state index contributed by atoms with van der Waals surface area (Å²) in [6.45, 7) is 1.41. The third-order valence-corrected chi connectivity index (χ3v) is 4.83. The summed E-state index contributed by atoms with van der Waals surface area (Å²) in [6.07, 6.45) is 5.54. The molecule has 0 atom stereocenters. The van der Waals surface area contributed by atoms with Crippen molar-refractivity contribution >= 4 is 17.4 Å². The number of hydrogen-bond acceptors (Lipinski definition) is 4. The number of hydrogen-bond donors (Lipinski definition) is 1. The molecule has 1 aromatic heterocycles. The van der Waals surface area contributed by atoms with Crippen molar-refractivity contribution in [3.63, 3.8) is 0 Å². The molecule has 1 aromatic carbocycles. The molecule has 116 valence electrons. The third-order valence-electron chi connectivity index (χ3n) is 4.43. The van der Waals surface area contributed by atoms with E-state index in [-0.39, 0.29) is 0 Å². The van der Waals surface area contributed by atoms with Gasteiger partial charge >= 0.3 is 0 Å². The van der Waals surface area contributed by atoms with Crippen LogP contribution in [0.5, 0.6) is 11.5 Å². The maximum absolute atomic E-state index is 6.59. The summed E-state index contributed by atoms with van der Waals surface area (Å²) in [7, 11) is 1.84. The summed E-state index contributed by atoms with van der Waals surface area (Å²) in [5, 5.41) is 4.98. The molecule has 4 rings (SSSR count). The fourth-order valence-electron chi connectivity index (χ4n) is 3.31. The van der Waals surface area contributed by atoms with E-state index in [0.29, 0.717) is 24.1 Å². The molecule has 0 radical (unpaired) electrons. The van der Waals surface area contributed by atoms with Gasteiger partial charge in [-0.3, -0.25) is 4.68 Å². The van der Waals surface area contributed by atoms with Crippen LogP contribution in [0.3, 0.4) is 0 Å². The van der Waals surface area contributed by atoms with Gasteiger partial charge in [-0.05, 0) is 25.7 Å². The van der Waals surface area contributed by atoms with Crippen LogP contribution in [-0.2, 0) is 19.9 Å². The maximum Gasteiger partial charge on any atom is 0.142 e. The van der Waals surface area contributed by atoms with E-state index in [1.54, 1.807) is 10.9 Å². The summed E-state index contributed by atoms with van der Waals surface area (Å²) in [6, 6.07) is 0. The fraction of sp³-hybridized carbons (Fsp3) is 0.438. The van der Waals surface area contributed by atoms with E-state index in [1.165, 1.54) is 0 Å². The molecule has 2 N–H and O–H groups in total. The molecule has 0 saturated carbocycles. The first kappa shape index (κ1) is 13.8. The van der Waals surface area contributed by atoms with Crippen LogP contribution in [0.15, 0.2) is 6.20 Å². The van der Waals surface area contributed by atoms with Gasteiger partial charge in [0.1, 0.15) is 17.3 Å². The number of rotatable bonds is 1. The molecule has 0 bridgehead atoms. The summed E-state index contributed by atoms with van der Waals surface area (Å²) in [5.74, 6) is 2.29. The molecule has 3 heterocycles. The zero-order valence-corrected chi connectivity index (χ0v) is 13.2. The third kappa shape index (κ3) is 1.88. The molecule has 2 aromatic rings. The minimum atomic E-state index is 0.631. The van der Waals surface area contributed by atoms with Crippen LogP contribution in [0.4, 0.5) is 5.82 Å². The molecule has 0 fully saturated rings. The number of benzene rings is 1. The number of fused-ring (bicyclic) bond motifs is 2. The molecule has 5 nitrogen and oxygen atoms in total. The normalized spacial score (nSPS) is 16.5. The molecule has 22 heavy (non-hydrogen) atoms. The highest BCUT2D eigenvalue weighted by atomic mass is 35.5. The standard InChI is InChI=1S/C16H18ClN3O2/c1-20-16(18)11(8-19-20)12-9-4-2-7-22-15(9)13(17)10-5-3-6-21-14(10)12/h8H,2-7,18H2,1H3. The summed E-state index contributed by atoms with van der Waals surface area (Å²) >= 11 is 6.59. The fourth-order valence-corrected chi connectivity index (χ4v) is 3.66. The number of nitrogens with zero attached hydrogens (tertiary/aromatic N) is 2. The lowest BCUT2D eigenvalue weighted by molar-refractivity contribution is 0.274. The van der Waals surface area contributed by atoms with Gasteiger partial charge in [-0.25, -0.2) is 0 Å². The Kier molecular flexibility index (Phi) is 3.18. The van der Waals surface area contributed by atoms with Crippen LogP contribution in [0, 0.1) is 0 Å². The van der Waals surface area contributed by atoms with Gasteiger partial charge in [-0.2, -0.15) is 5.10 Å². The van der Waals surface area contributed by atoms with Crippen LogP contribution in [0.2, 0.25) is 5.02 Å². The Bertz CT molecular complexity index is 717. The first-order chi connectivity index (χ1) is 10.7. The zero-order valence-electron chi connectivity index (χ0n) is 12.5. The lowest BCUT2D eigenvalue weighted by atomic mass is 9.90. The second-order valence-corrected chi connectivity index (χ2v) is 6.15. The molecule has 0 spiro atoms. The van der Waals surface area contributed by atoms with Crippen LogP contribution >= 0.6 is 11.6 Å². The van der Waals surface area contributed by atoms with Crippen LogP contribution in [-0.4, -0.2) is 23.0 Å². The topological polar surface area (TPSA) is 62.3 Å². The number of nitrogens with two attached hydrogens (primary N) is 1. The molecule has 0 unspecified atom stereocenters. The molecular formula is C16H18ClN3O2. The second-order valence-electron chi connectivity index (χ2n) is 5.78. The maximum atomic E-state index is 6.59. The van der Waals surface area contributed by atoms with E-state index in [4.69, 9.17) is 26.8 Å². The Hall–Kier alpha value is -1.88. The van der Waals surface area contributed by atoms with Crippen molar-refractivity contribution in [2.45, 2.75) is 25.7 Å². The average Bonchev–Trinajstić information content (AvgIpc) is 2.88. The zero-order chi connectivity index (χ0) is 15.3. The molecule has 0 saturated heterocycles. The van der Waals surface area contributed by atoms with Gasteiger partial charge in [0.05, 0.1) is 24.4 Å². The highest BCUT2D eigenvalue weighted by molar-refractivity contribution is 6.33. The predicted molar refractivity (Wildman–Crippen MR) is 85.7 cm³/mol. The van der Waals surface area contributed by atoms with Gasteiger partial charge in [0.2, 0.25) is 0 Å². The van der Waals surface area contributed by atoms with Crippen molar-refractivity contribution in [2.75, 3.05) is 18.9 Å². The molecule has 2 aliphatic rings. The highest BCUT2D eigenvalue weighted by Gasteiger charge is 2.30. The Balaban J connectivity index is 2.05. The van der Waals surface area contributed by atoms with E-state index in [0.717, 1.165) is 59.4 Å². The molecule has 0 aliphatic carbocycles. The van der Waals surface area contributed by atoms with Gasteiger partial charge in [0.25, 0.3) is 0 Å². The average molecular weight is 320 g/mol. The Morgan fingerprint density at radius 3 is 2.50 bits per heavy atom. The van der Waals surface area contributed by atoms with Gasteiger partial charge in [-0.15, -0.1) is 0 Å². The first-order valence-corrected chi connectivity index (χ1v) is 7.97. The largest absolute Gasteiger partial charge is 0.493 e. The van der Waals surface area contributed by atoms with Gasteiger partial charge in [-0.1, -0.05) is 11.6 Å². The smallest absolute Gasteiger partial charge is 0.142 e. The second kappa shape index (κ2) is 5.09. The van der Waals surface area contributed by atoms with Crippen molar-refractivity contribution in [3.05, 3.63) is 22.3 Å². The first-order valence-electron chi connectivity index (χ1n) is 7.59. The molecular weight excluding hydrogens is 302 g/mol. The molecule has 0 amide bonds. The van der Waals surface area contributed by atoms with E-state index < -0.39 is 0 Å². The van der Waals surface area contributed by atoms with Crippen molar-refractivity contribution in [2.24, 2.45) is 7.05 Å². The van der Waals surface area contributed by atoms with Crippen molar-refractivity contribution < 1.29 is 9.47 Å². The Labute approximate surface area is 134 Å². The summed E-state index contributed by atoms with van der Waals surface area (Å²) in [4.78, 5) is 0. The number of nitrogen functional groups attached to an aromatic ring is 1. The minimum absolute atomic E-state index is 0.631. The number of halogens is 1. The lowest BCUT2D eigenvalue weighted by Gasteiger charge is -2.29. The van der Waals surface area contributed by atoms with Crippen molar-refractivity contribution in [3.8, 4) is 22.6 Å².